The molecule has 1 heterocycles. The Morgan fingerprint density at radius 2 is 2.00 bits per heavy atom. The minimum atomic E-state index is -2.38. The molecule has 1 aromatic heterocycles. The van der Waals surface area contributed by atoms with Gasteiger partial charge in [-0.3, -0.25) is 4.68 Å². The smallest absolute Gasteiger partial charge is 0.257 e. The highest BCUT2D eigenvalue weighted by Crippen LogP contribution is 2.29. The average molecular weight is 237 g/mol. The summed E-state index contributed by atoms with van der Waals surface area (Å²) in [5, 5.41) is 3.93. The van der Waals surface area contributed by atoms with Crippen LogP contribution in [0.25, 0.3) is 0 Å². The lowest BCUT2D eigenvalue weighted by molar-refractivity contribution is 0.121. The van der Waals surface area contributed by atoms with E-state index in [0.29, 0.717) is 0 Å². The Kier molecular flexibility index (Phi) is 4.08. The summed E-state index contributed by atoms with van der Waals surface area (Å²) in [6, 6.07) is 0. The van der Waals surface area contributed by atoms with Crippen LogP contribution in [0.15, 0.2) is 0 Å². The summed E-state index contributed by atoms with van der Waals surface area (Å²) in [6.07, 6.45) is -1.62. The van der Waals surface area contributed by atoms with Gasteiger partial charge in [0, 0.05) is 11.3 Å². The van der Waals surface area contributed by atoms with Gasteiger partial charge < -0.3 is 0 Å². The van der Waals surface area contributed by atoms with E-state index in [2.05, 4.69) is 5.10 Å². The van der Waals surface area contributed by atoms with Gasteiger partial charge in [0.2, 0.25) is 0 Å². The minimum absolute atomic E-state index is 0.142. The molecule has 0 aliphatic rings. The van der Waals surface area contributed by atoms with Gasteiger partial charge in [0.1, 0.15) is 6.54 Å². The van der Waals surface area contributed by atoms with Crippen molar-refractivity contribution >= 4 is 11.6 Å². The maximum Gasteiger partial charge on any atom is 0.257 e. The lowest BCUT2D eigenvalue weighted by Gasteiger charge is -2.08. The van der Waals surface area contributed by atoms with Gasteiger partial charge in [-0.05, 0) is 20.3 Å². The second-order valence-corrected chi connectivity index (χ2v) is 4.06. The van der Waals surface area contributed by atoms with Crippen LogP contribution in [-0.2, 0) is 6.54 Å². The molecule has 15 heavy (non-hydrogen) atoms. The number of aromatic nitrogens is 2. The van der Waals surface area contributed by atoms with E-state index in [1.165, 1.54) is 4.68 Å². The number of hydrogen-bond acceptors (Lipinski definition) is 1. The summed E-state index contributed by atoms with van der Waals surface area (Å²) in [5.41, 5.74) is 2.38. The van der Waals surface area contributed by atoms with Crippen LogP contribution < -0.4 is 0 Å². The average Bonchev–Trinajstić information content (AvgIpc) is 2.40. The summed E-state index contributed by atoms with van der Waals surface area (Å²) in [6.45, 7) is 5.18. The maximum atomic E-state index is 12.2. The van der Waals surface area contributed by atoms with E-state index in [4.69, 9.17) is 11.6 Å². The molecule has 1 rings (SSSR count). The van der Waals surface area contributed by atoms with Crippen LogP contribution >= 0.6 is 11.6 Å². The Labute approximate surface area is 93.2 Å². The van der Waals surface area contributed by atoms with Crippen molar-refractivity contribution < 1.29 is 8.78 Å². The van der Waals surface area contributed by atoms with Crippen molar-refractivity contribution in [1.29, 1.82) is 0 Å². The number of hydrogen-bond donors (Lipinski definition) is 0. The van der Waals surface area contributed by atoms with Crippen LogP contribution in [0.5, 0.6) is 0 Å². The lowest BCUT2D eigenvalue weighted by Crippen LogP contribution is -2.10. The van der Waals surface area contributed by atoms with Gasteiger partial charge in [-0.25, -0.2) is 8.78 Å². The molecule has 0 spiro atoms. The van der Waals surface area contributed by atoms with Gasteiger partial charge in [0.15, 0.2) is 0 Å². The summed E-state index contributed by atoms with van der Waals surface area (Å²) < 4.78 is 25.8. The van der Waals surface area contributed by atoms with E-state index in [-0.39, 0.29) is 11.9 Å². The third kappa shape index (κ3) is 2.68. The zero-order chi connectivity index (χ0) is 11.6. The molecule has 0 radical (unpaired) electrons. The van der Waals surface area contributed by atoms with E-state index >= 15 is 0 Å². The predicted molar refractivity (Wildman–Crippen MR) is 56.6 cm³/mol. The summed E-state index contributed by atoms with van der Waals surface area (Å²) in [7, 11) is 0. The summed E-state index contributed by atoms with van der Waals surface area (Å²) in [4.78, 5) is 0. The fraction of sp³-hybridized carbons (Fsp3) is 0.700. The van der Waals surface area contributed by atoms with Crippen molar-refractivity contribution in [3.63, 3.8) is 0 Å². The standard InChI is InChI=1S/C10H15ClF2N2/c1-4-8(11)10-6(2)14-15(7(10)3)5-9(12)13/h8-9H,4-5H2,1-3H3. The van der Waals surface area contributed by atoms with Crippen LogP contribution in [0.1, 0.15) is 35.7 Å². The van der Waals surface area contributed by atoms with E-state index in [0.717, 1.165) is 23.4 Å². The first-order valence-corrected chi connectivity index (χ1v) is 5.37. The number of rotatable bonds is 4. The molecule has 0 amide bonds. The number of nitrogens with zero attached hydrogens (tertiary/aromatic N) is 2. The highest BCUT2D eigenvalue weighted by atomic mass is 35.5. The van der Waals surface area contributed by atoms with Crippen molar-refractivity contribution in [1.82, 2.24) is 9.78 Å². The molecule has 1 unspecified atom stereocenters. The van der Waals surface area contributed by atoms with Crippen LogP contribution in [0.2, 0.25) is 0 Å². The highest BCUT2D eigenvalue weighted by Gasteiger charge is 2.19. The van der Waals surface area contributed by atoms with Crippen molar-refractivity contribution in [2.45, 2.75) is 45.5 Å². The van der Waals surface area contributed by atoms with Gasteiger partial charge in [-0.2, -0.15) is 5.10 Å². The SMILES string of the molecule is CCC(Cl)c1c(C)nn(CC(F)F)c1C. The first-order chi connectivity index (χ1) is 6.97. The van der Waals surface area contributed by atoms with Crippen LogP contribution in [0, 0.1) is 13.8 Å². The summed E-state index contributed by atoms with van der Waals surface area (Å²) >= 11 is 6.11. The molecule has 0 aliphatic carbocycles. The van der Waals surface area contributed by atoms with Gasteiger partial charge in [0.05, 0.1) is 11.1 Å². The van der Waals surface area contributed by atoms with Crippen LogP contribution in [0.4, 0.5) is 8.78 Å². The second kappa shape index (κ2) is 4.92. The number of halogens is 3. The lowest BCUT2D eigenvalue weighted by atomic mass is 10.1. The van der Waals surface area contributed by atoms with E-state index in [1.807, 2.05) is 6.92 Å². The third-order valence-electron chi connectivity index (χ3n) is 2.42. The molecule has 0 fully saturated rings. The molecule has 0 N–H and O–H groups in total. The van der Waals surface area contributed by atoms with E-state index in [9.17, 15) is 8.78 Å². The van der Waals surface area contributed by atoms with Crippen LogP contribution in [0.3, 0.4) is 0 Å². The maximum absolute atomic E-state index is 12.2. The molecule has 5 heteroatoms. The fourth-order valence-corrected chi connectivity index (χ4v) is 1.99. The van der Waals surface area contributed by atoms with E-state index < -0.39 is 6.43 Å². The molecule has 0 saturated heterocycles. The van der Waals surface area contributed by atoms with Crippen molar-refractivity contribution in [2.75, 3.05) is 0 Å². The van der Waals surface area contributed by atoms with Crippen molar-refractivity contribution in [3.8, 4) is 0 Å². The first kappa shape index (κ1) is 12.4. The second-order valence-electron chi connectivity index (χ2n) is 3.53. The monoisotopic (exact) mass is 236 g/mol. The predicted octanol–water partition coefficient (Wildman–Crippen LogP) is 3.45. The zero-order valence-electron chi connectivity index (χ0n) is 9.10. The Morgan fingerprint density at radius 1 is 1.40 bits per heavy atom. The Bertz CT molecular complexity index is 336. The third-order valence-corrected chi connectivity index (χ3v) is 2.95. The Morgan fingerprint density at radius 3 is 2.47 bits per heavy atom. The number of aryl methyl sites for hydroxylation is 1. The molecule has 86 valence electrons. The van der Waals surface area contributed by atoms with Crippen molar-refractivity contribution in [3.05, 3.63) is 17.0 Å². The topological polar surface area (TPSA) is 17.8 Å². The molecule has 0 saturated carbocycles. The largest absolute Gasteiger partial charge is 0.264 e. The van der Waals surface area contributed by atoms with Gasteiger partial charge in [-0.1, -0.05) is 6.92 Å². The fourth-order valence-electron chi connectivity index (χ4n) is 1.68. The molecule has 0 aliphatic heterocycles. The molecular weight excluding hydrogens is 222 g/mol. The van der Waals surface area contributed by atoms with Gasteiger partial charge in [0.25, 0.3) is 6.43 Å². The Balaban J connectivity index is 3.03. The molecule has 1 aromatic rings. The summed E-state index contributed by atoms with van der Waals surface area (Å²) in [5.74, 6) is 0. The molecule has 0 aromatic carbocycles. The van der Waals surface area contributed by atoms with Gasteiger partial charge >= 0.3 is 0 Å². The molecule has 2 nitrogen and oxygen atoms in total. The highest BCUT2D eigenvalue weighted by molar-refractivity contribution is 6.20. The quantitative estimate of drug-likeness (QED) is 0.732. The van der Waals surface area contributed by atoms with E-state index in [1.54, 1.807) is 13.8 Å². The van der Waals surface area contributed by atoms with Crippen molar-refractivity contribution in [2.24, 2.45) is 0 Å². The minimum Gasteiger partial charge on any atom is -0.264 e. The number of alkyl halides is 3. The molecule has 1 atom stereocenters. The Hall–Kier alpha value is -0.640. The van der Waals surface area contributed by atoms with Crippen LogP contribution in [-0.4, -0.2) is 16.2 Å². The molecule has 0 bridgehead atoms. The zero-order valence-corrected chi connectivity index (χ0v) is 9.85. The molecular formula is C10H15ClF2N2. The normalized spacial score (nSPS) is 13.5. The first-order valence-electron chi connectivity index (χ1n) is 4.93. The van der Waals surface area contributed by atoms with Gasteiger partial charge in [-0.15, -0.1) is 11.6 Å².